The summed E-state index contributed by atoms with van der Waals surface area (Å²) in [6.07, 6.45) is 3.34. The summed E-state index contributed by atoms with van der Waals surface area (Å²) in [7, 11) is 0. The molecule has 2 aromatic carbocycles. The topological polar surface area (TPSA) is 79.7 Å². The lowest BCUT2D eigenvalue weighted by Gasteiger charge is -2.22. The summed E-state index contributed by atoms with van der Waals surface area (Å²) in [5, 5.41) is 0. The molecule has 1 saturated heterocycles. The van der Waals surface area contributed by atoms with E-state index in [1.165, 1.54) is 12.1 Å². The Morgan fingerprint density at radius 2 is 1.91 bits per heavy atom. The van der Waals surface area contributed by atoms with Crippen molar-refractivity contribution >= 4 is 22.5 Å². The Kier molecular flexibility index (Phi) is 4.58. The van der Waals surface area contributed by atoms with E-state index in [-0.39, 0.29) is 23.2 Å². The summed E-state index contributed by atoms with van der Waals surface area (Å²) >= 11 is 0. The van der Waals surface area contributed by atoms with E-state index in [0.717, 1.165) is 40.9 Å². The first-order valence-corrected chi connectivity index (χ1v) is 11.2. The second kappa shape index (κ2) is 7.52. The first kappa shape index (κ1) is 20.1. The molecule has 0 radical (unpaired) electrons. The number of H-pyrrole nitrogens is 1. The zero-order valence-corrected chi connectivity index (χ0v) is 18.2. The molecule has 0 atom stereocenters. The van der Waals surface area contributed by atoms with E-state index in [0.29, 0.717) is 42.9 Å². The van der Waals surface area contributed by atoms with Gasteiger partial charge in [-0.1, -0.05) is 6.07 Å². The number of hydrogen-bond donors (Lipinski definition) is 1. The number of benzene rings is 2. The Balaban J connectivity index is 1.43. The van der Waals surface area contributed by atoms with Gasteiger partial charge in [0.2, 0.25) is 0 Å². The summed E-state index contributed by atoms with van der Waals surface area (Å²) in [6.45, 7) is 4.07. The van der Waals surface area contributed by atoms with Gasteiger partial charge < -0.3 is 14.6 Å². The molecule has 8 heteroatoms. The molecule has 0 saturated carbocycles. The number of halogens is 1. The molecule has 0 unspecified atom stereocenters. The minimum absolute atomic E-state index is 0.137. The summed E-state index contributed by atoms with van der Waals surface area (Å²) < 4.78 is 21.0. The molecule has 1 fully saturated rings. The van der Waals surface area contributed by atoms with E-state index in [1.54, 1.807) is 23.2 Å². The molecule has 0 aliphatic carbocycles. The van der Waals surface area contributed by atoms with Crippen LogP contribution in [0.1, 0.15) is 51.6 Å². The number of imidazole rings is 1. The predicted octanol–water partition coefficient (Wildman–Crippen LogP) is 3.67. The first-order valence-electron chi connectivity index (χ1n) is 11.2. The van der Waals surface area contributed by atoms with Gasteiger partial charge in [0.25, 0.3) is 11.5 Å². The molecule has 4 heterocycles. The van der Waals surface area contributed by atoms with Crippen molar-refractivity contribution in [3.8, 4) is 0 Å². The standard InChI is InChI=1S/C25H23FN4O3/c1-14-8-21-20(10-19(14)25(32)29-12-16-2-3-18(26)9-17(16)13-29)28-24(31)22-11-27-23(30(21)22)15-4-6-33-7-5-15/h2-3,8-11,15H,4-7,12-13H2,1H3,(H,28,31). The van der Waals surface area contributed by atoms with Crippen molar-refractivity contribution in [1.29, 1.82) is 0 Å². The molecule has 6 rings (SSSR count). The van der Waals surface area contributed by atoms with Crippen molar-refractivity contribution in [3.05, 3.63) is 80.8 Å². The second-order valence-electron chi connectivity index (χ2n) is 8.94. The van der Waals surface area contributed by atoms with E-state index < -0.39 is 0 Å². The zero-order chi connectivity index (χ0) is 22.7. The van der Waals surface area contributed by atoms with Crippen LogP contribution in [0.25, 0.3) is 16.6 Å². The van der Waals surface area contributed by atoms with Crippen LogP contribution < -0.4 is 5.56 Å². The number of nitrogens with one attached hydrogen (secondary N) is 1. The number of hydrogen-bond acceptors (Lipinski definition) is 4. The van der Waals surface area contributed by atoms with Crippen LogP contribution in [0.4, 0.5) is 4.39 Å². The van der Waals surface area contributed by atoms with Gasteiger partial charge in [0.05, 0.1) is 17.2 Å². The van der Waals surface area contributed by atoms with Crippen LogP contribution in [0.15, 0.2) is 41.3 Å². The largest absolute Gasteiger partial charge is 0.381 e. The molecule has 1 N–H and O–H groups in total. The van der Waals surface area contributed by atoms with E-state index in [1.807, 2.05) is 17.4 Å². The maximum Gasteiger partial charge on any atom is 0.274 e. The molecule has 0 bridgehead atoms. The van der Waals surface area contributed by atoms with Gasteiger partial charge in [-0.15, -0.1) is 0 Å². The summed E-state index contributed by atoms with van der Waals surface area (Å²) in [6, 6.07) is 8.34. The highest BCUT2D eigenvalue weighted by atomic mass is 19.1. The minimum atomic E-state index is -0.299. The SMILES string of the molecule is Cc1cc2c(cc1C(=O)N1Cc3ccc(F)cc3C1)[nH]c(=O)c1cnc(C3CCOCC3)n12. The Morgan fingerprint density at radius 1 is 1.12 bits per heavy atom. The Morgan fingerprint density at radius 3 is 2.73 bits per heavy atom. The van der Waals surface area contributed by atoms with Crippen LogP contribution >= 0.6 is 0 Å². The third-order valence-corrected chi connectivity index (χ3v) is 6.85. The molecular formula is C25H23FN4O3. The smallest absolute Gasteiger partial charge is 0.274 e. The van der Waals surface area contributed by atoms with Crippen LogP contribution in [-0.2, 0) is 17.8 Å². The van der Waals surface area contributed by atoms with Crippen molar-refractivity contribution in [2.24, 2.45) is 0 Å². The van der Waals surface area contributed by atoms with Gasteiger partial charge in [-0.3, -0.25) is 14.0 Å². The average Bonchev–Trinajstić information content (AvgIpc) is 3.44. The monoisotopic (exact) mass is 446 g/mol. The number of ether oxygens (including phenoxy) is 1. The Bertz CT molecular complexity index is 1480. The van der Waals surface area contributed by atoms with Crippen LogP contribution in [0.3, 0.4) is 0 Å². The van der Waals surface area contributed by atoms with Crippen molar-refractivity contribution < 1.29 is 13.9 Å². The van der Waals surface area contributed by atoms with Crippen LogP contribution in [-0.4, -0.2) is 38.4 Å². The highest BCUT2D eigenvalue weighted by Crippen LogP contribution is 2.30. The predicted molar refractivity (Wildman–Crippen MR) is 121 cm³/mol. The van der Waals surface area contributed by atoms with E-state index in [2.05, 4.69) is 9.97 Å². The number of carbonyl (C=O) groups is 1. The summed E-state index contributed by atoms with van der Waals surface area (Å²) in [5.74, 6) is 0.644. The number of aromatic nitrogens is 3. The number of carbonyl (C=O) groups excluding carboxylic acids is 1. The summed E-state index contributed by atoms with van der Waals surface area (Å²) in [5.41, 5.74) is 4.81. The number of rotatable bonds is 2. The van der Waals surface area contributed by atoms with Crippen molar-refractivity contribution in [1.82, 2.24) is 19.3 Å². The Hall–Kier alpha value is -3.52. The van der Waals surface area contributed by atoms with Gasteiger partial charge in [0.1, 0.15) is 17.2 Å². The Labute approximate surface area is 188 Å². The number of aromatic amines is 1. The number of aryl methyl sites for hydroxylation is 1. The van der Waals surface area contributed by atoms with Crippen LogP contribution in [0.2, 0.25) is 0 Å². The van der Waals surface area contributed by atoms with Gasteiger partial charge in [-0.05, 0) is 60.7 Å². The maximum atomic E-state index is 13.6. The molecule has 4 aromatic rings. The molecular weight excluding hydrogens is 423 g/mol. The van der Waals surface area contributed by atoms with E-state index in [9.17, 15) is 14.0 Å². The molecule has 7 nitrogen and oxygen atoms in total. The quantitative estimate of drug-likeness (QED) is 0.510. The highest BCUT2D eigenvalue weighted by Gasteiger charge is 2.27. The molecule has 168 valence electrons. The third kappa shape index (κ3) is 3.24. The lowest BCUT2D eigenvalue weighted by molar-refractivity contribution is 0.0750. The number of nitrogens with zero attached hydrogens (tertiary/aromatic N) is 3. The fraction of sp³-hybridized carbons (Fsp3) is 0.320. The first-order chi connectivity index (χ1) is 16.0. The molecule has 2 aliphatic rings. The maximum absolute atomic E-state index is 13.6. The normalized spacial score (nSPS) is 16.6. The minimum Gasteiger partial charge on any atom is -0.381 e. The molecule has 2 aliphatic heterocycles. The fourth-order valence-corrected chi connectivity index (χ4v) is 5.09. The fourth-order valence-electron chi connectivity index (χ4n) is 5.09. The number of fused-ring (bicyclic) bond motifs is 4. The molecule has 2 aromatic heterocycles. The lowest BCUT2D eigenvalue weighted by Crippen LogP contribution is -2.26. The van der Waals surface area contributed by atoms with Gasteiger partial charge in [-0.25, -0.2) is 9.37 Å². The summed E-state index contributed by atoms with van der Waals surface area (Å²) in [4.78, 5) is 35.4. The van der Waals surface area contributed by atoms with Crippen molar-refractivity contribution in [2.75, 3.05) is 13.2 Å². The van der Waals surface area contributed by atoms with Gasteiger partial charge >= 0.3 is 0 Å². The van der Waals surface area contributed by atoms with E-state index in [4.69, 9.17) is 4.74 Å². The molecule has 1 amide bonds. The lowest BCUT2D eigenvalue weighted by atomic mass is 9.99. The van der Waals surface area contributed by atoms with Gasteiger partial charge in [0, 0.05) is 37.8 Å². The van der Waals surface area contributed by atoms with Gasteiger partial charge in [-0.2, -0.15) is 0 Å². The van der Waals surface area contributed by atoms with Crippen LogP contribution in [0, 0.1) is 12.7 Å². The molecule has 0 spiro atoms. The third-order valence-electron chi connectivity index (χ3n) is 6.85. The van der Waals surface area contributed by atoms with Crippen molar-refractivity contribution in [2.45, 2.75) is 38.8 Å². The van der Waals surface area contributed by atoms with E-state index >= 15 is 0 Å². The highest BCUT2D eigenvalue weighted by molar-refractivity contribution is 5.99. The second-order valence-corrected chi connectivity index (χ2v) is 8.94. The number of amides is 1. The van der Waals surface area contributed by atoms with Gasteiger partial charge in [0.15, 0.2) is 0 Å². The van der Waals surface area contributed by atoms with Crippen molar-refractivity contribution in [3.63, 3.8) is 0 Å². The van der Waals surface area contributed by atoms with Crippen LogP contribution in [0.5, 0.6) is 0 Å². The zero-order valence-electron chi connectivity index (χ0n) is 18.2. The molecule has 33 heavy (non-hydrogen) atoms. The average molecular weight is 446 g/mol.